The molecule has 0 radical (unpaired) electrons. The molecule has 0 bridgehead atoms. The third-order valence-corrected chi connectivity index (χ3v) is 6.71. The van der Waals surface area contributed by atoms with Gasteiger partial charge in [-0.1, -0.05) is 66.7 Å². The molecule has 0 aliphatic carbocycles. The molecule has 4 aromatic rings. The number of hydrogen-bond acceptors (Lipinski definition) is 6. The Balaban J connectivity index is 1.37. The Morgan fingerprint density at radius 1 is 0.973 bits per heavy atom. The largest absolute Gasteiger partial charge is 0.489 e. The molecule has 1 aliphatic heterocycles. The Morgan fingerprint density at radius 2 is 1.81 bits per heavy atom. The van der Waals surface area contributed by atoms with Crippen LogP contribution < -0.4 is 4.74 Å². The summed E-state index contributed by atoms with van der Waals surface area (Å²) in [4.78, 5) is 15.5. The van der Waals surface area contributed by atoms with Gasteiger partial charge in [0.05, 0.1) is 23.9 Å². The smallest absolute Gasteiger partial charge is 0.267 e. The fourth-order valence-corrected chi connectivity index (χ4v) is 4.67. The second-order valence-corrected chi connectivity index (χ2v) is 9.42. The summed E-state index contributed by atoms with van der Waals surface area (Å²) < 4.78 is 11.4. The van der Waals surface area contributed by atoms with Crippen molar-refractivity contribution in [2.45, 2.75) is 20.1 Å². The number of thioether (sulfide) groups is 1. The number of rotatable bonds is 8. The van der Waals surface area contributed by atoms with Gasteiger partial charge in [0.2, 0.25) is 0 Å². The van der Waals surface area contributed by atoms with Crippen LogP contribution >= 0.6 is 11.8 Å². The number of nitrogens with zero attached hydrogens (tertiary/aromatic N) is 3. The first-order chi connectivity index (χ1) is 18.2. The number of carbonyl (C=O) groups is 1. The molecule has 1 aromatic heterocycles. The minimum atomic E-state index is -0.151. The first-order valence-corrected chi connectivity index (χ1v) is 12.6. The van der Waals surface area contributed by atoms with Crippen molar-refractivity contribution in [1.29, 1.82) is 0 Å². The molecule has 0 N–H and O–H groups in total. The Labute approximate surface area is 220 Å². The molecule has 1 saturated heterocycles. The Hall–Kier alpha value is -4.36. The maximum Gasteiger partial charge on any atom is 0.267 e. The van der Waals surface area contributed by atoms with E-state index in [0.717, 1.165) is 28.0 Å². The summed E-state index contributed by atoms with van der Waals surface area (Å²) in [7, 11) is 0. The summed E-state index contributed by atoms with van der Waals surface area (Å²) in [6, 6.07) is 29.3. The van der Waals surface area contributed by atoms with Gasteiger partial charge in [-0.2, -0.15) is 5.10 Å². The number of benzene rings is 3. The molecule has 7 heteroatoms. The van der Waals surface area contributed by atoms with Crippen LogP contribution in [0.5, 0.6) is 5.75 Å². The zero-order valence-electron chi connectivity index (χ0n) is 20.3. The SMILES string of the molecule is Cc1ccccc1/C=N/N=C1\S/C(=C\c2cccc(OCc3ccccc3)c2)C(=O)N1Cc1ccco1. The molecule has 5 rings (SSSR count). The molecule has 3 aromatic carbocycles. The molecular weight excluding hydrogens is 482 g/mol. The van der Waals surface area contributed by atoms with Crippen molar-refractivity contribution in [1.82, 2.24) is 4.90 Å². The fraction of sp³-hybridized carbons (Fsp3) is 0.100. The number of aryl methyl sites for hydroxylation is 1. The molecule has 184 valence electrons. The van der Waals surface area contributed by atoms with Crippen LogP contribution in [0.25, 0.3) is 6.08 Å². The van der Waals surface area contributed by atoms with Crippen LogP contribution in [0.3, 0.4) is 0 Å². The van der Waals surface area contributed by atoms with Crippen molar-refractivity contribution in [3.63, 3.8) is 0 Å². The van der Waals surface area contributed by atoms with E-state index in [4.69, 9.17) is 9.15 Å². The Morgan fingerprint density at radius 3 is 2.62 bits per heavy atom. The van der Waals surface area contributed by atoms with E-state index in [9.17, 15) is 4.79 Å². The third-order valence-electron chi connectivity index (χ3n) is 5.71. The number of amidine groups is 1. The molecule has 0 saturated carbocycles. The van der Waals surface area contributed by atoms with Gasteiger partial charge in [0.1, 0.15) is 18.1 Å². The zero-order chi connectivity index (χ0) is 25.5. The van der Waals surface area contributed by atoms with Crippen molar-refractivity contribution in [2.75, 3.05) is 0 Å². The highest BCUT2D eigenvalue weighted by Crippen LogP contribution is 2.34. The molecule has 6 nitrogen and oxygen atoms in total. The number of amides is 1. The summed E-state index contributed by atoms with van der Waals surface area (Å²) in [6.07, 6.45) is 5.15. The van der Waals surface area contributed by atoms with E-state index in [1.807, 2.05) is 97.9 Å². The lowest BCUT2D eigenvalue weighted by Gasteiger charge is -2.12. The van der Waals surface area contributed by atoms with Gasteiger partial charge in [0.15, 0.2) is 5.17 Å². The van der Waals surface area contributed by atoms with Gasteiger partial charge < -0.3 is 9.15 Å². The summed E-state index contributed by atoms with van der Waals surface area (Å²) in [5.74, 6) is 1.25. The molecular formula is C30H25N3O3S. The average Bonchev–Trinajstić information content (AvgIpc) is 3.54. The normalized spacial score (nSPS) is 15.8. The molecule has 0 atom stereocenters. The topological polar surface area (TPSA) is 67.4 Å². The van der Waals surface area contributed by atoms with Gasteiger partial charge in [-0.25, -0.2) is 0 Å². The standard InChI is InChI=1S/C30H25N3O3S/c1-22-9-5-6-13-25(22)19-31-32-30-33(20-27-15-8-16-35-27)29(34)28(37-30)18-24-12-7-14-26(17-24)36-21-23-10-3-2-4-11-23/h2-19H,20-21H2,1H3/b28-18-,31-19+,32-30-. The second kappa shape index (κ2) is 11.6. The summed E-state index contributed by atoms with van der Waals surface area (Å²) >= 11 is 1.29. The van der Waals surface area contributed by atoms with Crippen LogP contribution in [0.1, 0.15) is 28.0 Å². The van der Waals surface area contributed by atoms with Crippen molar-refractivity contribution in [3.05, 3.63) is 130 Å². The van der Waals surface area contributed by atoms with Crippen molar-refractivity contribution >= 4 is 35.1 Å². The number of ether oxygens (including phenoxy) is 1. The van der Waals surface area contributed by atoms with Crippen molar-refractivity contribution in [2.24, 2.45) is 10.2 Å². The molecule has 37 heavy (non-hydrogen) atoms. The lowest BCUT2D eigenvalue weighted by molar-refractivity contribution is -0.122. The van der Waals surface area contributed by atoms with Gasteiger partial charge in [-0.3, -0.25) is 9.69 Å². The quantitative estimate of drug-likeness (QED) is 0.152. The highest BCUT2D eigenvalue weighted by molar-refractivity contribution is 8.18. The monoisotopic (exact) mass is 507 g/mol. The van der Waals surface area contributed by atoms with Gasteiger partial charge >= 0.3 is 0 Å². The predicted octanol–water partition coefficient (Wildman–Crippen LogP) is 6.67. The van der Waals surface area contributed by atoms with E-state index < -0.39 is 0 Å². The lowest BCUT2D eigenvalue weighted by Crippen LogP contribution is -2.28. The molecule has 0 spiro atoms. The van der Waals surface area contributed by atoms with Crippen LogP contribution in [0.2, 0.25) is 0 Å². The van der Waals surface area contributed by atoms with Gasteiger partial charge in [0, 0.05) is 0 Å². The van der Waals surface area contributed by atoms with E-state index in [-0.39, 0.29) is 12.5 Å². The first kappa shape index (κ1) is 24.3. The van der Waals surface area contributed by atoms with Gasteiger partial charge in [-0.05, 0) is 71.3 Å². The first-order valence-electron chi connectivity index (χ1n) is 11.8. The minimum absolute atomic E-state index is 0.151. The Bertz CT molecular complexity index is 1460. The summed E-state index contributed by atoms with van der Waals surface area (Å²) in [5, 5.41) is 9.16. The Kier molecular flexibility index (Phi) is 7.62. The van der Waals surface area contributed by atoms with Gasteiger partial charge in [0.25, 0.3) is 5.91 Å². The molecule has 0 unspecified atom stereocenters. The molecule has 1 amide bonds. The van der Waals surface area contributed by atoms with E-state index in [2.05, 4.69) is 10.2 Å². The number of hydrogen-bond donors (Lipinski definition) is 0. The highest BCUT2D eigenvalue weighted by atomic mass is 32.2. The number of furan rings is 1. The van der Waals surface area contributed by atoms with E-state index >= 15 is 0 Å². The molecule has 1 aliphatic rings. The third kappa shape index (κ3) is 6.26. The van der Waals surface area contributed by atoms with Crippen LogP contribution in [-0.4, -0.2) is 22.2 Å². The average molecular weight is 508 g/mol. The second-order valence-electron chi connectivity index (χ2n) is 8.41. The predicted molar refractivity (Wildman–Crippen MR) is 148 cm³/mol. The van der Waals surface area contributed by atoms with Crippen molar-refractivity contribution in [3.8, 4) is 5.75 Å². The van der Waals surface area contributed by atoms with E-state index in [1.54, 1.807) is 23.4 Å². The van der Waals surface area contributed by atoms with E-state index in [1.165, 1.54) is 11.8 Å². The summed E-state index contributed by atoms with van der Waals surface area (Å²) in [6.45, 7) is 2.76. The summed E-state index contributed by atoms with van der Waals surface area (Å²) in [5.41, 5.74) is 4.03. The van der Waals surface area contributed by atoms with Crippen molar-refractivity contribution < 1.29 is 13.9 Å². The maximum atomic E-state index is 13.4. The zero-order valence-corrected chi connectivity index (χ0v) is 21.1. The molecule has 2 heterocycles. The molecule has 1 fully saturated rings. The fourth-order valence-electron chi connectivity index (χ4n) is 3.74. The van der Waals surface area contributed by atoms with E-state index in [0.29, 0.717) is 22.4 Å². The lowest BCUT2D eigenvalue weighted by atomic mass is 10.1. The minimum Gasteiger partial charge on any atom is -0.489 e. The number of carbonyl (C=O) groups excluding carboxylic acids is 1. The van der Waals surface area contributed by atoms with Crippen LogP contribution in [-0.2, 0) is 17.9 Å². The highest BCUT2D eigenvalue weighted by Gasteiger charge is 2.34. The maximum absolute atomic E-state index is 13.4. The van der Waals surface area contributed by atoms with Crippen LogP contribution in [0, 0.1) is 6.92 Å². The van der Waals surface area contributed by atoms with Crippen LogP contribution in [0.4, 0.5) is 0 Å². The van der Waals surface area contributed by atoms with Crippen LogP contribution in [0.15, 0.2) is 117 Å². The van der Waals surface area contributed by atoms with Gasteiger partial charge in [-0.15, -0.1) is 5.10 Å².